The van der Waals surface area contributed by atoms with Gasteiger partial charge in [-0.2, -0.15) is 0 Å². The van der Waals surface area contributed by atoms with Gasteiger partial charge in [0.2, 0.25) is 0 Å². The van der Waals surface area contributed by atoms with Gasteiger partial charge in [0, 0.05) is 36.2 Å². The first-order valence-corrected chi connectivity index (χ1v) is 12.2. The number of benzene rings is 2. The zero-order chi connectivity index (χ0) is 26.7. The normalized spacial score (nSPS) is 18.1. The lowest BCUT2D eigenvalue weighted by Crippen LogP contribution is -2.18. The van der Waals surface area contributed by atoms with Crippen molar-refractivity contribution in [1.29, 1.82) is 0 Å². The minimum absolute atomic E-state index is 0.00638. The van der Waals surface area contributed by atoms with Gasteiger partial charge in [0.05, 0.1) is 24.1 Å². The highest BCUT2D eigenvalue weighted by molar-refractivity contribution is 5.82. The Morgan fingerprint density at radius 1 is 1.30 bits per heavy atom. The van der Waals surface area contributed by atoms with E-state index >= 15 is 4.39 Å². The highest BCUT2D eigenvalue weighted by Crippen LogP contribution is 2.40. The standard InChI is InChI=1S/C30H31FN2O4/c1-5-12-30(31,18(2)3)20-9-10-23(28-16-26(35)22-8-6-7-19(4)29(22)37-28)27(14-20)36-13-11-24-25(33-24)15-21(34)17-32/h6-10,12,14,16,24-25,33H,1-2,11,13,15,17,32H2,3-4H3. The Kier molecular flexibility index (Phi) is 7.60. The topological polar surface area (TPSA) is 104 Å². The van der Waals surface area contributed by atoms with Crippen molar-refractivity contribution in [2.75, 3.05) is 13.2 Å². The molecule has 3 N–H and O–H groups in total. The quantitative estimate of drug-likeness (QED) is 0.220. The van der Waals surface area contributed by atoms with Crippen LogP contribution in [-0.2, 0) is 10.5 Å². The second kappa shape index (κ2) is 10.7. The van der Waals surface area contributed by atoms with Crippen LogP contribution in [0.2, 0.25) is 0 Å². The zero-order valence-electron chi connectivity index (χ0n) is 21.1. The summed E-state index contributed by atoms with van der Waals surface area (Å²) in [5.41, 5.74) is 8.16. The van der Waals surface area contributed by atoms with Crippen LogP contribution in [0.1, 0.15) is 30.9 Å². The van der Waals surface area contributed by atoms with Gasteiger partial charge in [0.1, 0.15) is 22.9 Å². The Morgan fingerprint density at radius 3 is 2.78 bits per heavy atom. The van der Waals surface area contributed by atoms with E-state index in [0.717, 1.165) is 5.56 Å². The summed E-state index contributed by atoms with van der Waals surface area (Å²) in [6.07, 6.45) is 2.25. The Morgan fingerprint density at radius 2 is 2.08 bits per heavy atom. The molecule has 1 aromatic heterocycles. The van der Waals surface area contributed by atoms with Crippen LogP contribution in [0.15, 0.2) is 82.2 Å². The number of allylic oxidation sites excluding steroid dienone is 2. The van der Waals surface area contributed by atoms with Crippen LogP contribution in [0.4, 0.5) is 4.39 Å². The molecule has 1 fully saturated rings. The van der Waals surface area contributed by atoms with Crippen LogP contribution in [-0.4, -0.2) is 31.0 Å². The number of ether oxygens (including phenoxy) is 1. The van der Waals surface area contributed by atoms with Crippen molar-refractivity contribution in [3.63, 3.8) is 0 Å². The van der Waals surface area contributed by atoms with Crippen LogP contribution < -0.4 is 21.2 Å². The molecule has 0 radical (unpaired) electrons. The number of hydrogen-bond donors (Lipinski definition) is 2. The third-order valence-electron chi connectivity index (χ3n) is 6.71. The molecular formula is C30H31FN2O4. The molecule has 4 rings (SSSR count). The zero-order valence-corrected chi connectivity index (χ0v) is 21.1. The van der Waals surface area contributed by atoms with E-state index in [-0.39, 0.29) is 35.4 Å². The maximum Gasteiger partial charge on any atom is 0.193 e. The predicted octanol–water partition coefficient (Wildman–Crippen LogP) is 4.88. The molecule has 3 aromatic rings. The molecule has 1 aliphatic heterocycles. The summed E-state index contributed by atoms with van der Waals surface area (Å²) in [5.74, 6) is 0.694. The number of Topliss-reactive ketones (excluding diaryl/α,β-unsaturated/α-hetero) is 1. The molecule has 7 heteroatoms. The van der Waals surface area contributed by atoms with Gasteiger partial charge in [0.15, 0.2) is 11.1 Å². The Labute approximate surface area is 215 Å². The van der Waals surface area contributed by atoms with Crippen molar-refractivity contribution >= 4 is 16.8 Å². The van der Waals surface area contributed by atoms with Crippen LogP contribution in [0, 0.1) is 6.92 Å². The van der Waals surface area contributed by atoms with Gasteiger partial charge in [-0.05, 0) is 49.6 Å². The van der Waals surface area contributed by atoms with E-state index in [4.69, 9.17) is 14.9 Å². The summed E-state index contributed by atoms with van der Waals surface area (Å²) in [5, 5.41) is 3.75. The molecule has 0 spiro atoms. The lowest BCUT2D eigenvalue weighted by Gasteiger charge is -2.23. The largest absolute Gasteiger partial charge is 0.493 e. The summed E-state index contributed by atoms with van der Waals surface area (Å²) in [6.45, 7) is 11.1. The van der Waals surface area contributed by atoms with Crippen molar-refractivity contribution in [2.45, 2.75) is 44.4 Å². The van der Waals surface area contributed by atoms with E-state index < -0.39 is 5.67 Å². The number of hydrogen-bond acceptors (Lipinski definition) is 6. The first kappa shape index (κ1) is 26.3. The SMILES string of the molecule is C=C=CC(F)(C(=C)C)c1ccc(-c2cc(=O)c3cccc(C)c3o2)c(OCCC2NC2CC(=O)CN)c1. The summed E-state index contributed by atoms with van der Waals surface area (Å²) >= 11 is 0. The average molecular weight is 503 g/mol. The number of aryl methyl sites for hydroxylation is 1. The van der Waals surface area contributed by atoms with Crippen molar-refractivity contribution < 1.29 is 18.3 Å². The Hall–Kier alpha value is -3.77. The van der Waals surface area contributed by atoms with Gasteiger partial charge in [-0.25, -0.2) is 4.39 Å². The van der Waals surface area contributed by atoms with Crippen molar-refractivity contribution in [1.82, 2.24) is 5.32 Å². The van der Waals surface area contributed by atoms with Crippen LogP contribution in [0.5, 0.6) is 5.75 Å². The first-order chi connectivity index (χ1) is 17.7. The number of halogens is 1. The van der Waals surface area contributed by atoms with Gasteiger partial charge in [0.25, 0.3) is 0 Å². The summed E-state index contributed by atoms with van der Waals surface area (Å²) in [7, 11) is 0. The van der Waals surface area contributed by atoms with Crippen molar-refractivity contribution in [2.24, 2.45) is 5.73 Å². The monoisotopic (exact) mass is 502 g/mol. The molecule has 2 heterocycles. The molecule has 0 amide bonds. The summed E-state index contributed by atoms with van der Waals surface area (Å²) in [4.78, 5) is 24.5. The Balaban J connectivity index is 1.70. The first-order valence-electron chi connectivity index (χ1n) is 12.2. The van der Waals surface area contributed by atoms with Crippen LogP contribution in [0.3, 0.4) is 0 Å². The number of para-hydroxylation sites is 1. The fourth-order valence-electron chi connectivity index (χ4n) is 4.45. The molecule has 0 aliphatic carbocycles. The highest BCUT2D eigenvalue weighted by Gasteiger charge is 2.37. The molecule has 3 unspecified atom stereocenters. The second-order valence-electron chi connectivity index (χ2n) is 9.44. The van der Waals surface area contributed by atoms with Crippen molar-refractivity contribution in [3.05, 3.63) is 94.4 Å². The molecule has 0 saturated carbocycles. The summed E-state index contributed by atoms with van der Waals surface area (Å²) < 4.78 is 28.2. The minimum atomic E-state index is -2.00. The average Bonchev–Trinajstić information content (AvgIpc) is 3.61. The number of nitrogens with two attached hydrogens (primary N) is 1. The third-order valence-corrected chi connectivity index (χ3v) is 6.71. The van der Waals surface area contributed by atoms with E-state index in [1.165, 1.54) is 12.1 Å². The van der Waals surface area contributed by atoms with Gasteiger partial charge in [-0.1, -0.05) is 31.4 Å². The number of rotatable bonds is 11. The fourth-order valence-corrected chi connectivity index (χ4v) is 4.45. The number of alkyl halides is 1. The molecule has 2 aromatic carbocycles. The molecule has 1 aliphatic rings. The molecule has 0 bridgehead atoms. The molecule has 3 atom stereocenters. The lowest BCUT2D eigenvalue weighted by molar-refractivity contribution is -0.117. The highest BCUT2D eigenvalue weighted by atomic mass is 19.1. The molecule has 37 heavy (non-hydrogen) atoms. The number of ketones is 1. The van der Waals surface area contributed by atoms with Crippen LogP contribution in [0.25, 0.3) is 22.3 Å². The third kappa shape index (κ3) is 5.49. The van der Waals surface area contributed by atoms with E-state index in [2.05, 4.69) is 24.2 Å². The molecule has 6 nitrogen and oxygen atoms in total. The maximum atomic E-state index is 15.9. The lowest BCUT2D eigenvalue weighted by atomic mass is 9.88. The predicted molar refractivity (Wildman–Crippen MR) is 143 cm³/mol. The Bertz CT molecular complexity index is 1470. The smallest absolute Gasteiger partial charge is 0.193 e. The van der Waals surface area contributed by atoms with E-state index in [1.807, 2.05) is 19.1 Å². The van der Waals surface area contributed by atoms with Crippen molar-refractivity contribution in [3.8, 4) is 17.1 Å². The fraction of sp³-hybridized carbons (Fsp3) is 0.300. The minimum Gasteiger partial charge on any atom is -0.493 e. The summed E-state index contributed by atoms with van der Waals surface area (Å²) in [6, 6.07) is 11.9. The number of fused-ring (bicyclic) bond motifs is 1. The molecule has 1 saturated heterocycles. The van der Waals surface area contributed by atoms with E-state index in [9.17, 15) is 9.59 Å². The van der Waals surface area contributed by atoms with Crippen LogP contribution >= 0.6 is 0 Å². The molecular weight excluding hydrogens is 471 g/mol. The van der Waals surface area contributed by atoms with Gasteiger partial charge < -0.3 is 20.2 Å². The van der Waals surface area contributed by atoms with E-state index in [0.29, 0.717) is 53.1 Å². The molecule has 192 valence electrons. The van der Waals surface area contributed by atoms with Gasteiger partial charge in [-0.3, -0.25) is 9.59 Å². The number of carbonyl (C=O) groups excluding carboxylic acids is 1. The van der Waals surface area contributed by atoms with Gasteiger partial charge in [-0.15, -0.1) is 5.73 Å². The van der Waals surface area contributed by atoms with Gasteiger partial charge >= 0.3 is 0 Å². The maximum absolute atomic E-state index is 15.9. The van der Waals surface area contributed by atoms with E-state index in [1.54, 1.807) is 31.2 Å². The second-order valence-corrected chi connectivity index (χ2v) is 9.44. The number of nitrogens with one attached hydrogen (secondary N) is 1. The number of carbonyl (C=O) groups is 1.